The van der Waals surface area contributed by atoms with E-state index in [1.807, 2.05) is 86.7 Å². The van der Waals surface area contributed by atoms with E-state index >= 15 is 0 Å². The largest absolute Gasteiger partial charge is 0.378 e. The van der Waals surface area contributed by atoms with Crippen molar-refractivity contribution >= 4 is 34.1 Å². The van der Waals surface area contributed by atoms with Crippen LogP contribution in [-0.4, -0.2) is 37.5 Å². The number of para-hydroxylation sites is 1. The van der Waals surface area contributed by atoms with Crippen LogP contribution in [-0.2, 0) is 6.42 Å². The number of H-pyrrole nitrogens is 1. The zero-order valence-corrected chi connectivity index (χ0v) is 19.2. The number of aliphatic imine (C=N–C) groups is 1. The van der Waals surface area contributed by atoms with Gasteiger partial charge in [0.05, 0.1) is 0 Å². The molecule has 1 amide bonds. The number of aryl methyl sites for hydroxylation is 1. The maximum atomic E-state index is 13.0. The van der Waals surface area contributed by atoms with Crippen LogP contribution in [0, 0.1) is 6.92 Å². The number of nitrogens with zero attached hydrogens (tertiary/aromatic N) is 2. The van der Waals surface area contributed by atoms with Crippen LogP contribution >= 0.6 is 0 Å². The van der Waals surface area contributed by atoms with Gasteiger partial charge in [-0.2, -0.15) is 0 Å². The molecule has 0 aliphatic rings. The van der Waals surface area contributed by atoms with E-state index < -0.39 is 0 Å². The van der Waals surface area contributed by atoms with E-state index in [-0.39, 0.29) is 5.91 Å². The Morgan fingerprint density at radius 1 is 1.00 bits per heavy atom. The summed E-state index contributed by atoms with van der Waals surface area (Å²) in [6, 6.07) is 23.7. The summed E-state index contributed by atoms with van der Waals surface area (Å²) in [5.74, 6) is 0.227. The molecule has 0 atom stereocenters. The molecule has 6 nitrogen and oxygen atoms in total. The number of anilines is 2. The molecule has 0 spiro atoms. The van der Waals surface area contributed by atoms with Crippen molar-refractivity contribution in [1.29, 1.82) is 0 Å². The zero-order chi connectivity index (χ0) is 23.2. The Morgan fingerprint density at radius 2 is 1.82 bits per heavy atom. The minimum absolute atomic E-state index is 0.204. The normalized spacial score (nSPS) is 11.4. The maximum Gasteiger partial charge on any atom is 0.258 e. The van der Waals surface area contributed by atoms with Crippen molar-refractivity contribution in [1.82, 2.24) is 10.3 Å². The number of hydrogen-bond acceptors (Lipinski definition) is 3. The first kappa shape index (κ1) is 22.1. The Kier molecular flexibility index (Phi) is 6.74. The van der Waals surface area contributed by atoms with Gasteiger partial charge in [0.15, 0.2) is 0 Å². The van der Waals surface area contributed by atoms with E-state index in [0.717, 1.165) is 28.9 Å². The summed E-state index contributed by atoms with van der Waals surface area (Å²) in [4.78, 5) is 23.0. The summed E-state index contributed by atoms with van der Waals surface area (Å²) in [5, 5.41) is 7.43. The van der Waals surface area contributed by atoms with Crippen molar-refractivity contribution in [3.8, 4) is 0 Å². The number of benzene rings is 3. The molecule has 4 rings (SSSR count). The number of aromatic amines is 1. The fourth-order valence-electron chi connectivity index (χ4n) is 3.70. The molecule has 0 radical (unpaired) electrons. The van der Waals surface area contributed by atoms with Crippen LogP contribution in [0.3, 0.4) is 0 Å². The minimum atomic E-state index is -0.204. The van der Waals surface area contributed by atoms with Crippen molar-refractivity contribution in [2.75, 3.05) is 30.9 Å². The lowest BCUT2D eigenvalue weighted by Crippen LogP contribution is -2.36. The van der Waals surface area contributed by atoms with Crippen molar-refractivity contribution in [2.24, 2.45) is 4.99 Å². The van der Waals surface area contributed by atoms with E-state index in [4.69, 9.17) is 4.99 Å². The second-order valence-electron chi connectivity index (χ2n) is 8.23. The molecular formula is C27H29N5O. The summed E-state index contributed by atoms with van der Waals surface area (Å²) in [5.41, 5.74) is 5.87. The molecule has 3 N–H and O–H groups in total. The predicted octanol–water partition coefficient (Wildman–Crippen LogP) is 4.98. The van der Waals surface area contributed by atoms with Crippen LogP contribution in [0.1, 0.15) is 21.5 Å². The highest BCUT2D eigenvalue weighted by molar-refractivity contribution is 6.10. The van der Waals surface area contributed by atoms with Gasteiger partial charge in [-0.3, -0.25) is 15.1 Å². The fourth-order valence-corrected chi connectivity index (χ4v) is 3.70. The molecule has 0 saturated heterocycles. The number of carbonyl (C=O) groups is 1. The van der Waals surface area contributed by atoms with Gasteiger partial charge < -0.3 is 15.2 Å². The number of fused-ring (bicyclic) bond motifs is 1. The lowest BCUT2D eigenvalue weighted by molar-refractivity contribution is 0.0977. The average molecular weight is 440 g/mol. The molecule has 168 valence electrons. The summed E-state index contributed by atoms with van der Waals surface area (Å²) >= 11 is 0. The van der Waals surface area contributed by atoms with Gasteiger partial charge in [-0.05, 0) is 60.9 Å². The number of amides is 1. The first-order valence-electron chi connectivity index (χ1n) is 11.0. The van der Waals surface area contributed by atoms with Gasteiger partial charge in [0.25, 0.3) is 5.91 Å². The van der Waals surface area contributed by atoms with Crippen LogP contribution in [0.25, 0.3) is 10.9 Å². The van der Waals surface area contributed by atoms with Gasteiger partial charge in [0.2, 0.25) is 5.96 Å². The first-order valence-corrected chi connectivity index (χ1v) is 11.0. The van der Waals surface area contributed by atoms with Crippen LogP contribution in [0.4, 0.5) is 11.4 Å². The first-order chi connectivity index (χ1) is 16.0. The molecule has 1 aromatic heterocycles. The third-order valence-electron chi connectivity index (χ3n) is 5.46. The van der Waals surface area contributed by atoms with Gasteiger partial charge in [0, 0.05) is 54.7 Å². The number of guanidine groups is 1. The Hall–Kier alpha value is -4.06. The van der Waals surface area contributed by atoms with Gasteiger partial charge in [-0.25, -0.2) is 0 Å². The molecule has 6 heteroatoms. The Labute approximate surface area is 194 Å². The Bertz CT molecular complexity index is 1290. The van der Waals surface area contributed by atoms with Crippen LogP contribution in [0.15, 0.2) is 84.0 Å². The van der Waals surface area contributed by atoms with E-state index in [2.05, 4.69) is 27.8 Å². The van der Waals surface area contributed by atoms with E-state index in [0.29, 0.717) is 18.1 Å². The minimum Gasteiger partial charge on any atom is -0.378 e. The molecule has 4 aromatic rings. The molecule has 3 aromatic carbocycles. The smallest absolute Gasteiger partial charge is 0.258 e. The second-order valence-corrected chi connectivity index (χ2v) is 8.23. The topological polar surface area (TPSA) is 72.5 Å². The van der Waals surface area contributed by atoms with Crippen molar-refractivity contribution in [2.45, 2.75) is 13.3 Å². The van der Waals surface area contributed by atoms with Crippen molar-refractivity contribution in [3.63, 3.8) is 0 Å². The molecule has 0 bridgehead atoms. The van der Waals surface area contributed by atoms with E-state index in [9.17, 15) is 4.79 Å². The zero-order valence-electron chi connectivity index (χ0n) is 19.2. The van der Waals surface area contributed by atoms with Crippen molar-refractivity contribution in [3.05, 3.63) is 95.7 Å². The standard InChI is InChI=1S/C27H29N5O/c1-19-8-6-10-22(16-19)30-27(31-26(33)20-9-7-11-23(17-20)32(2)3)28-15-14-21-18-29-25-13-5-4-12-24(21)25/h4-13,16-18,29H,14-15H2,1-3H3,(H2,28,30,31,33). The third kappa shape index (κ3) is 5.60. The molecule has 0 saturated carbocycles. The highest BCUT2D eigenvalue weighted by atomic mass is 16.1. The average Bonchev–Trinajstić information content (AvgIpc) is 3.22. The summed E-state index contributed by atoms with van der Waals surface area (Å²) in [7, 11) is 3.90. The summed E-state index contributed by atoms with van der Waals surface area (Å²) < 4.78 is 0. The van der Waals surface area contributed by atoms with Gasteiger partial charge in [-0.15, -0.1) is 0 Å². The highest BCUT2D eigenvalue weighted by Crippen LogP contribution is 2.18. The third-order valence-corrected chi connectivity index (χ3v) is 5.46. The number of rotatable bonds is 6. The summed E-state index contributed by atoms with van der Waals surface area (Å²) in [6.07, 6.45) is 2.79. The SMILES string of the molecule is Cc1cccc(NC(=NCCc2c[nH]c3ccccc23)NC(=O)c2cccc(N(C)C)c2)c1. The Balaban J connectivity index is 1.53. The number of hydrogen-bond donors (Lipinski definition) is 3. The Morgan fingerprint density at radius 3 is 2.64 bits per heavy atom. The molecule has 0 aliphatic heterocycles. The second kappa shape index (κ2) is 10.0. The molecular weight excluding hydrogens is 410 g/mol. The predicted molar refractivity (Wildman–Crippen MR) is 137 cm³/mol. The highest BCUT2D eigenvalue weighted by Gasteiger charge is 2.11. The number of aromatic nitrogens is 1. The lowest BCUT2D eigenvalue weighted by atomic mass is 10.1. The molecule has 1 heterocycles. The van der Waals surface area contributed by atoms with E-state index in [1.165, 1.54) is 10.9 Å². The number of nitrogens with one attached hydrogen (secondary N) is 3. The molecule has 0 aliphatic carbocycles. The fraction of sp³-hybridized carbons (Fsp3) is 0.185. The number of carbonyl (C=O) groups excluding carboxylic acids is 1. The maximum absolute atomic E-state index is 13.0. The van der Waals surface area contributed by atoms with Crippen LogP contribution in [0.5, 0.6) is 0 Å². The van der Waals surface area contributed by atoms with Crippen LogP contribution < -0.4 is 15.5 Å². The summed E-state index contributed by atoms with van der Waals surface area (Å²) in [6.45, 7) is 2.57. The molecule has 33 heavy (non-hydrogen) atoms. The van der Waals surface area contributed by atoms with Crippen molar-refractivity contribution < 1.29 is 4.79 Å². The van der Waals surface area contributed by atoms with Crippen LogP contribution in [0.2, 0.25) is 0 Å². The van der Waals surface area contributed by atoms with Gasteiger partial charge in [0.1, 0.15) is 0 Å². The quantitative estimate of drug-likeness (QED) is 0.293. The monoisotopic (exact) mass is 439 g/mol. The molecule has 0 unspecified atom stereocenters. The van der Waals surface area contributed by atoms with Gasteiger partial charge >= 0.3 is 0 Å². The van der Waals surface area contributed by atoms with Gasteiger partial charge in [-0.1, -0.05) is 36.4 Å². The van der Waals surface area contributed by atoms with E-state index in [1.54, 1.807) is 6.07 Å². The molecule has 0 fully saturated rings. The lowest BCUT2D eigenvalue weighted by Gasteiger charge is -2.15.